The normalized spacial score (nSPS) is 9.27. The first-order valence-corrected chi connectivity index (χ1v) is 3.12. The predicted molar refractivity (Wildman–Crippen MR) is 39.0 cm³/mol. The molecular weight excluding hydrogens is 144 g/mol. The zero-order valence-corrected chi connectivity index (χ0v) is 6.33. The number of nitrogens with zero attached hydrogens (tertiary/aromatic N) is 3. The molecule has 0 radical (unpaired) electrons. The van der Waals surface area contributed by atoms with Crippen molar-refractivity contribution in [2.45, 2.75) is 13.8 Å². The van der Waals surface area contributed by atoms with Gasteiger partial charge in [0.15, 0.2) is 0 Å². The van der Waals surface area contributed by atoms with Crippen LogP contribution in [0.5, 0.6) is 0 Å². The summed E-state index contributed by atoms with van der Waals surface area (Å²) in [4.78, 5) is 21.6. The van der Waals surface area contributed by atoms with E-state index >= 15 is 0 Å². The van der Waals surface area contributed by atoms with E-state index in [0.717, 1.165) is 0 Å². The van der Waals surface area contributed by atoms with Crippen LogP contribution in [-0.2, 0) is 4.79 Å². The number of nitrogens with one attached hydrogen (secondary N) is 1. The summed E-state index contributed by atoms with van der Waals surface area (Å²) in [5, 5.41) is 2.35. The van der Waals surface area contributed by atoms with Gasteiger partial charge in [-0.3, -0.25) is 10.1 Å². The van der Waals surface area contributed by atoms with Gasteiger partial charge in [-0.2, -0.15) is 9.97 Å². The van der Waals surface area contributed by atoms with Gasteiger partial charge in [0.25, 0.3) is 0 Å². The summed E-state index contributed by atoms with van der Waals surface area (Å²) in [5.41, 5.74) is 0. The highest BCUT2D eigenvalue weighted by atomic mass is 16.1. The SMILES string of the molecule is Cc1nc(C)nc(NC=O)n1. The molecule has 1 amide bonds. The number of rotatable bonds is 2. The van der Waals surface area contributed by atoms with E-state index < -0.39 is 0 Å². The molecule has 0 spiro atoms. The fourth-order valence-electron chi connectivity index (χ4n) is 0.733. The molecule has 0 aromatic carbocycles. The van der Waals surface area contributed by atoms with Crippen LogP contribution in [0.4, 0.5) is 5.95 Å². The molecule has 1 aromatic heterocycles. The van der Waals surface area contributed by atoms with Gasteiger partial charge in [-0.15, -0.1) is 0 Å². The van der Waals surface area contributed by atoms with Crippen molar-refractivity contribution >= 4 is 12.4 Å². The third kappa shape index (κ3) is 1.96. The Morgan fingerprint density at radius 2 is 1.73 bits per heavy atom. The lowest BCUT2D eigenvalue weighted by atomic mass is 10.6. The van der Waals surface area contributed by atoms with Crippen LogP contribution in [0.25, 0.3) is 0 Å². The van der Waals surface area contributed by atoms with Gasteiger partial charge in [-0.25, -0.2) is 4.98 Å². The minimum atomic E-state index is 0.296. The second-order valence-corrected chi connectivity index (χ2v) is 2.02. The summed E-state index contributed by atoms with van der Waals surface area (Å²) in [7, 11) is 0. The van der Waals surface area contributed by atoms with Gasteiger partial charge in [-0.05, 0) is 13.8 Å². The maximum Gasteiger partial charge on any atom is 0.232 e. The summed E-state index contributed by atoms with van der Waals surface area (Å²) in [5.74, 6) is 1.49. The molecule has 0 aliphatic heterocycles. The van der Waals surface area contributed by atoms with Crippen LogP contribution in [0.1, 0.15) is 11.6 Å². The van der Waals surface area contributed by atoms with Crippen molar-refractivity contribution in [2.75, 3.05) is 5.32 Å². The zero-order valence-electron chi connectivity index (χ0n) is 6.33. The van der Waals surface area contributed by atoms with Gasteiger partial charge in [0.2, 0.25) is 12.4 Å². The number of aryl methyl sites for hydroxylation is 2. The molecule has 5 heteroatoms. The molecule has 1 aromatic rings. The number of carbonyl (C=O) groups is 1. The number of carbonyl (C=O) groups excluding carboxylic acids is 1. The molecule has 0 aliphatic carbocycles. The Morgan fingerprint density at radius 1 is 1.18 bits per heavy atom. The first kappa shape index (κ1) is 7.59. The molecule has 0 atom stereocenters. The van der Waals surface area contributed by atoms with Crippen LogP contribution in [0.15, 0.2) is 0 Å². The molecule has 11 heavy (non-hydrogen) atoms. The second kappa shape index (κ2) is 3.05. The van der Waals surface area contributed by atoms with Crippen molar-refractivity contribution in [3.05, 3.63) is 11.6 Å². The Labute approximate surface area is 63.9 Å². The Hall–Kier alpha value is -1.52. The highest BCUT2D eigenvalue weighted by Gasteiger charge is 1.96. The summed E-state index contributed by atoms with van der Waals surface area (Å²) >= 11 is 0. The van der Waals surface area contributed by atoms with Gasteiger partial charge < -0.3 is 0 Å². The van der Waals surface area contributed by atoms with E-state index in [1.165, 1.54) is 0 Å². The highest BCUT2D eigenvalue weighted by Crippen LogP contribution is 1.97. The van der Waals surface area contributed by atoms with Crippen molar-refractivity contribution in [1.29, 1.82) is 0 Å². The molecule has 5 nitrogen and oxygen atoms in total. The fourth-order valence-corrected chi connectivity index (χ4v) is 0.733. The van der Waals surface area contributed by atoms with Gasteiger partial charge in [-0.1, -0.05) is 0 Å². The van der Waals surface area contributed by atoms with Crippen LogP contribution in [-0.4, -0.2) is 21.4 Å². The van der Waals surface area contributed by atoms with Crippen molar-refractivity contribution in [2.24, 2.45) is 0 Å². The van der Waals surface area contributed by atoms with Crippen molar-refractivity contribution < 1.29 is 4.79 Å². The smallest absolute Gasteiger partial charge is 0.232 e. The first-order chi connectivity index (χ1) is 5.22. The highest BCUT2D eigenvalue weighted by molar-refractivity contribution is 5.66. The molecular formula is C6H8N4O. The average Bonchev–Trinajstić information content (AvgIpc) is 1.85. The molecule has 0 saturated heterocycles. The molecule has 1 N–H and O–H groups in total. The van der Waals surface area contributed by atoms with Gasteiger partial charge in [0, 0.05) is 0 Å². The number of hydrogen-bond donors (Lipinski definition) is 1. The molecule has 0 aliphatic rings. The minimum Gasteiger partial charge on any atom is -0.297 e. The van der Waals surface area contributed by atoms with E-state index in [-0.39, 0.29) is 0 Å². The molecule has 0 bridgehead atoms. The van der Waals surface area contributed by atoms with E-state index in [0.29, 0.717) is 24.0 Å². The quantitative estimate of drug-likeness (QED) is 0.608. The predicted octanol–water partition coefficient (Wildman–Crippen LogP) is 0.0567. The number of hydrogen-bond acceptors (Lipinski definition) is 4. The lowest BCUT2D eigenvalue weighted by molar-refractivity contribution is -0.105. The fraction of sp³-hybridized carbons (Fsp3) is 0.333. The van der Waals surface area contributed by atoms with E-state index in [1.807, 2.05) is 0 Å². The molecule has 58 valence electrons. The number of amides is 1. The van der Waals surface area contributed by atoms with Crippen LogP contribution < -0.4 is 5.32 Å². The standard InChI is InChI=1S/C6H8N4O/c1-4-8-5(2)10-6(9-4)7-3-11/h3H,1-2H3,(H,7,8,9,10,11). The van der Waals surface area contributed by atoms with Gasteiger partial charge in [0.1, 0.15) is 11.6 Å². The lowest BCUT2D eigenvalue weighted by Gasteiger charge is -1.98. The third-order valence-electron chi connectivity index (χ3n) is 1.05. The van der Waals surface area contributed by atoms with Crippen molar-refractivity contribution in [1.82, 2.24) is 15.0 Å². The summed E-state index contributed by atoms with van der Waals surface area (Å²) < 4.78 is 0. The van der Waals surface area contributed by atoms with Gasteiger partial charge in [0.05, 0.1) is 0 Å². The van der Waals surface area contributed by atoms with Crippen molar-refractivity contribution in [3.63, 3.8) is 0 Å². The van der Waals surface area contributed by atoms with E-state index in [4.69, 9.17) is 0 Å². The monoisotopic (exact) mass is 152 g/mol. The minimum absolute atomic E-state index is 0.296. The van der Waals surface area contributed by atoms with Crippen LogP contribution in [0, 0.1) is 13.8 Å². The molecule has 0 unspecified atom stereocenters. The molecule has 0 fully saturated rings. The summed E-state index contributed by atoms with van der Waals surface area (Å²) in [6.07, 6.45) is 0.536. The maximum atomic E-state index is 9.99. The number of aromatic nitrogens is 3. The topological polar surface area (TPSA) is 67.8 Å². The van der Waals surface area contributed by atoms with E-state index in [1.54, 1.807) is 13.8 Å². The maximum absolute atomic E-state index is 9.99. The lowest BCUT2D eigenvalue weighted by Crippen LogP contribution is -2.04. The van der Waals surface area contributed by atoms with E-state index in [2.05, 4.69) is 20.3 Å². The molecule has 1 heterocycles. The van der Waals surface area contributed by atoms with E-state index in [9.17, 15) is 4.79 Å². The Morgan fingerprint density at radius 3 is 2.18 bits per heavy atom. The Kier molecular flexibility index (Phi) is 2.10. The third-order valence-corrected chi connectivity index (χ3v) is 1.05. The largest absolute Gasteiger partial charge is 0.297 e. The van der Waals surface area contributed by atoms with Gasteiger partial charge >= 0.3 is 0 Å². The summed E-state index contributed by atoms with van der Waals surface area (Å²) in [6, 6.07) is 0. The Balaban J connectivity index is 2.98. The first-order valence-electron chi connectivity index (χ1n) is 3.12. The molecule has 0 saturated carbocycles. The van der Waals surface area contributed by atoms with Crippen LogP contribution in [0.2, 0.25) is 0 Å². The number of anilines is 1. The van der Waals surface area contributed by atoms with Crippen LogP contribution in [0.3, 0.4) is 0 Å². The van der Waals surface area contributed by atoms with Crippen LogP contribution >= 0.6 is 0 Å². The second-order valence-electron chi connectivity index (χ2n) is 2.02. The van der Waals surface area contributed by atoms with Crippen molar-refractivity contribution in [3.8, 4) is 0 Å². The summed E-state index contributed by atoms with van der Waals surface area (Å²) in [6.45, 7) is 3.48. The molecule has 1 rings (SSSR count). The zero-order chi connectivity index (χ0) is 8.27. The average molecular weight is 152 g/mol. The Bertz CT molecular complexity index is 253.